The average molecular weight is 391 g/mol. The lowest BCUT2D eigenvalue weighted by Gasteiger charge is -2.07. The number of nitriles is 1. The number of amides is 1. The molecule has 1 amide bonds. The first-order valence-electron chi connectivity index (χ1n) is 8.32. The van der Waals surface area contributed by atoms with Gasteiger partial charge in [0.25, 0.3) is 5.91 Å². The number of pyridine rings is 1. The van der Waals surface area contributed by atoms with E-state index in [1.165, 1.54) is 12.4 Å². The van der Waals surface area contributed by atoms with Gasteiger partial charge in [-0.25, -0.2) is 10.4 Å². The minimum atomic E-state index is -0.439. The van der Waals surface area contributed by atoms with E-state index in [9.17, 15) is 4.79 Å². The van der Waals surface area contributed by atoms with Crippen molar-refractivity contribution in [1.29, 1.82) is 5.26 Å². The van der Waals surface area contributed by atoms with Crippen LogP contribution in [-0.4, -0.2) is 17.1 Å². The Morgan fingerprint density at radius 2 is 1.96 bits per heavy atom. The van der Waals surface area contributed by atoms with Gasteiger partial charge in [-0.2, -0.15) is 10.4 Å². The summed E-state index contributed by atoms with van der Waals surface area (Å²) in [5.74, 6) is 0.224. The van der Waals surface area contributed by atoms with E-state index in [0.29, 0.717) is 17.9 Å². The number of carbonyl (C=O) groups excluding carboxylic acids is 1. The third-order valence-corrected chi connectivity index (χ3v) is 4.10. The molecular formula is C21H15ClN4O2. The van der Waals surface area contributed by atoms with Crippen molar-refractivity contribution >= 4 is 23.7 Å². The fourth-order valence-electron chi connectivity index (χ4n) is 2.35. The molecule has 0 fully saturated rings. The molecule has 1 N–H and O–H groups in total. The van der Waals surface area contributed by atoms with Gasteiger partial charge in [-0.05, 0) is 48.0 Å². The third-order valence-electron chi connectivity index (χ3n) is 3.80. The number of ether oxygens (including phenoxy) is 1. The van der Waals surface area contributed by atoms with E-state index in [1.807, 2.05) is 18.2 Å². The zero-order valence-electron chi connectivity index (χ0n) is 14.7. The summed E-state index contributed by atoms with van der Waals surface area (Å²) >= 11 is 5.87. The molecular weight excluding hydrogens is 376 g/mol. The molecule has 0 saturated heterocycles. The van der Waals surface area contributed by atoms with E-state index in [1.54, 1.807) is 42.5 Å². The number of hydrogen-bond donors (Lipinski definition) is 1. The van der Waals surface area contributed by atoms with Crippen molar-refractivity contribution in [2.45, 2.75) is 6.61 Å². The normalized spacial score (nSPS) is 10.4. The van der Waals surface area contributed by atoms with E-state index in [4.69, 9.17) is 21.6 Å². The van der Waals surface area contributed by atoms with Gasteiger partial charge in [0.15, 0.2) is 0 Å². The Hall–Kier alpha value is -3.69. The standard InChI is InChI=1S/C21H15ClN4O2/c22-20-19(6-3-11-24-20)21(27)26-25-13-15-7-9-18(10-8-15)28-14-17-5-2-1-4-16(17)12-23/h1-11,13H,14H2,(H,26,27). The molecule has 0 spiro atoms. The molecule has 0 aliphatic heterocycles. The fraction of sp³-hybridized carbons (Fsp3) is 0.0476. The van der Waals surface area contributed by atoms with Gasteiger partial charge in [0, 0.05) is 11.8 Å². The molecule has 0 saturated carbocycles. The Morgan fingerprint density at radius 3 is 2.71 bits per heavy atom. The van der Waals surface area contributed by atoms with Crippen LogP contribution in [0.4, 0.5) is 0 Å². The topological polar surface area (TPSA) is 87.4 Å². The maximum atomic E-state index is 12.0. The predicted octanol–water partition coefficient (Wildman–Crippen LogP) is 3.95. The average Bonchev–Trinajstić information content (AvgIpc) is 2.73. The second kappa shape index (κ2) is 9.31. The third kappa shape index (κ3) is 4.93. The summed E-state index contributed by atoms with van der Waals surface area (Å²) in [7, 11) is 0. The van der Waals surface area contributed by atoms with Gasteiger partial charge in [-0.1, -0.05) is 29.8 Å². The van der Waals surface area contributed by atoms with Gasteiger partial charge in [-0.3, -0.25) is 4.79 Å². The van der Waals surface area contributed by atoms with Crippen LogP contribution < -0.4 is 10.2 Å². The molecule has 7 heteroatoms. The van der Waals surface area contributed by atoms with Crippen LogP contribution in [0.1, 0.15) is 27.0 Å². The molecule has 0 aliphatic rings. The van der Waals surface area contributed by atoms with Crippen molar-refractivity contribution in [3.8, 4) is 11.8 Å². The molecule has 0 radical (unpaired) electrons. The summed E-state index contributed by atoms with van der Waals surface area (Å²) in [6.45, 7) is 0.305. The SMILES string of the molecule is N#Cc1ccccc1COc1ccc(C=NNC(=O)c2cccnc2Cl)cc1. The van der Waals surface area contributed by atoms with Crippen molar-refractivity contribution in [3.05, 3.63) is 94.3 Å². The van der Waals surface area contributed by atoms with Crippen LogP contribution in [0.2, 0.25) is 5.15 Å². The highest BCUT2D eigenvalue weighted by Gasteiger charge is 2.09. The van der Waals surface area contributed by atoms with Gasteiger partial charge in [0.1, 0.15) is 17.5 Å². The van der Waals surface area contributed by atoms with Crippen LogP contribution >= 0.6 is 11.6 Å². The van der Waals surface area contributed by atoms with E-state index >= 15 is 0 Å². The number of halogens is 1. The van der Waals surface area contributed by atoms with Crippen LogP contribution in [0.3, 0.4) is 0 Å². The molecule has 3 rings (SSSR count). The molecule has 28 heavy (non-hydrogen) atoms. The van der Waals surface area contributed by atoms with E-state index in [0.717, 1.165) is 11.1 Å². The van der Waals surface area contributed by atoms with Crippen molar-refractivity contribution in [2.75, 3.05) is 0 Å². The molecule has 1 heterocycles. The number of nitrogens with one attached hydrogen (secondary N) is 1. The van der Waals surface area contributed by atoms with Crippen molar-refractivity contribution in [3.63, 3.8) is 0 Å². The molecule has 0 bridgehead atoms. The first kappa shape index (κ1) is 19.1. The monoisotopic (exact) mass is 390 g/mol. The van der Waals surface area contributed by atoms with Crippen molar-refractivity contribution in [2.24, 2.45) is 5.10 Å². The number of aromatic nitrogens is 1. The highest BCUT2D eigenvalue weighted by molar-refractivity contribution is 6.32. The Kier molecular flexibility index (Phi) is 6.34. The Balaban J connectivity index is 1.56. The largest absolute Gasteiger partial charge is 0.489 e. The number of hydrazone groups is 1. The lowest BCUT2D eigenvalue weighted by Crippen LogP contribution is -2.18. The lowest BCUT2D eigenvalue weighted by atomic mass is 10.1. The zero-order chi connectivity index (χ0) is 19.8. The number of nitrogens with zero attached hydrogens (tertiary/aromatic N) is 3. The van der Waals surface area contributed by atoms with Gasteiger partial charge in [-0.15, -0.1) is 0 Å². The van der Waals surface area contributed by atoms with E-state index in [-0.39, 0.29) is 10.7 Å². The Labute approximate surface area is 167 Å². The van der Waals surface area contributed by atoms with Crippen LogP contribution in [0.5, 0.6) is 5.75 Å². The van der Waals surface area contributed by atoms with E-state index in [2.05, 4.69) is 21.6 Å². The minimum Gasteiger partial charge on any atom is -0.489 e. The Morgan fingerprint density at radius 1 is 1.18 bits per heavy atom. The molecule has 0 atom stereocenters. The van der Waals surface area contributed by atoms with Crippen LogP contribution in [0, 0.1) is 11.3 Å². The maximum absolute atomic E-state index is 12.0. The first-order chi connectivity index (χ1) is 13.7. The summed E-state index contributed by atoms with van der Waals surface area (Å²) in [4.78, 5) is 15.8. The second-order valence-corrected chi connectivity index (χ2v) is 6.03. The molecule has 6 nitrogen and oxygen atoms in total. The van der Waals surface area contributed by atoms with Gasteiger partial charge < -0.3 is 4.74 Å². The number of rotatable bonds is 6. The van der Waals surface area contributed by atoms with Gasteiger partial charge in [0.05, 0.1) is 23.4 Å². The van der Waals surface area contributed by atoms with Crippen LogP contribution in [-0.2, 0) is 6.61 Å². The number of hydrogen-bond acceptors (Lipinski definition) is 5. The molecule has 0 aliphatic carbocycles. The van der Waals surface area contributed by atoms with Crippen molar-refractivity contribution in [1.82, 2.24) is 10.4 Å². The lowest BCUT2D eigenvalue weighted by molar-refractivity contribution is 0.0955. The van der Waals surface area contributed by atoms with Crippen molar-refractivity contribution < 1.29 is 9.53 Å². The zero-order valence-corrected chi connectivity index (χ0v) is 15.4. The number of benzene rings is 2. The van der Waals surface area contributed by atoms with Crippen LogP contribution in [0.25, 0.3) is 0 Å². The number of carbonyl (C=O) groups is 1. The summed E-state index contributed by atoms with van der Waals surface area (Å²) in [5, 5.41) is 13.1. The highest BCUT2D eigenvalue weighted by atomic mass is 35.5. The molecule has 3 aromatic rings. The Bertz CT molecular complexity index is 1040. The quantitative estimate of drug-likeness (QED) is 0.392. The highest BCUT2D eigenvalue weighted by Crippen LogP contribution is 2.15. The molecule has 1 aromatic heterocycles. The van der Waals surface area contributed by atoms with Gasteiger partial charge in [0.2, 0.25) is 0 Å². The maximum Gasteiger partial charge on any atom is 0.274 e. The second-order valence-electron chi connectivity index (χ2n) is 5.67. The molecule has 0 unspecified atom stereocenters. The minimum absolute atomic E-state index is 0.120. The van der Waals surface area contributed by atoms with Gasteiger partial charge >= 0.3 is 0 Å². The summed E-state index contributed by atoms with van der Waals surface area (Å²) in [6.07, 6.45) is 3.02. The first-order valence-corrected chi connectivity index (χ1v) is 8.70. The van der Waals surface area contributed by atoms with Crippen LogP contribution in [0.15, 0.2) is 72.0 Å². The smallest absolute Gasteiger partial charge is 0.274 e. The molecule has 2 aromatic carbocycles. The molecule has 138 valence electrons. The van der Waals surface area contributed by atoms with E-state index < -0.39 is 5.91 Å². The summed E-state index contributed by atoms with van der Waals surface area (Å²) < 4.78 is 5.72. The summed E-state index contributed by atoms with van der Waals surface area (Å²) in [5.41, 5.74) is 4.86. The predicted molar refractivity (Wildman–Crippen MR) is 106 cm³/mol. The summed E-state index contributed by atoms with van der Waals surface area (Å²) in [6, 6.07) is 19.8. The fourth-order valence-corrected chi connectivity index (χ4v) is 2.55.